The zero-order chi connectivity index (χ0) is 18.2. The van der Waals surface area contributed by atoms with Crippen molar-refractivity contribution in [2.24, 2.45) is 0 Å². The van der Waals surface area contributed by atoms with Crippen LogP contribution in [-0.4, -0.2) is 19.1 Å². The van der Waals surface area contributed by atoms with Gasteiger partial charge in [-0.3, -0.25) is 4.79 Å². The van der Waals surface area contributed by atoms with Crippen LogP contribution in [0.5, 0.6) is 5.75 Å². The molecule has 0 heterocycles. The largest absolute Gasteiger partial charge is 0.435 e. The lowest BCUT2D eigenvalue weighted by Gasteiger charge is -2.17. The van der Waals surface area contributed by atoms with E-state index in [4.69, 9.17) is 0 Å². The van der Waals surface area contributed by atoms with Crippen molar-refractivity contribution in [3.63, 3.8) is 0 Å². The third-order valence-corrected chi connectivity index (χ3v) is 4.08. The quantitative estimate of drug-likeness (QED) is 0.658. The summed E-state index contributed by atoms with van der Waals surface area (Å²) in [5.74, 6) is -0.162. The number of carbonyl (C=O) groups is 1. The minimum atomic E-state index is -2.87. The number of hydrogen-bond acceptors (Lipinski definition) is 3. The minimum Gasteiger partial charge on any atom is -0.435 e. The van der Waals surface area contributed by atoms with Crippen LogP contribution in [-0.2, 0) is 4.79 Å². The fraction of sp³-hybridized carbons (Fsp3) is 0.278. The van der Waals surface area contributed by atoms with Crippen molar-refractivity contribution in [1.29, 1.82) is 0 Å². The standard InChI is InChI=1S/C18H19BrF2N2O2/c1-2-16(12-3-5-13(19)6-4-12)22-11-17(24)23-14-7-9-15(10-8-14)25-18(20)21/h3-10,16,18,22H,2,11H2,1H3,(H,23,24)/t16-/m1/s1. The third kappa shape index (κ3) is 6.43. The first-order valence-corrected chi connectivity index (χ1v) is 8.60. The SMILES string of the molecule is CC[C@@H](NCC(=O)Nc1ccc(OC(F)F)cc1)c1ccc(Br)cc1. The molecule has 2 N–H and O–H groups in total. The number of ether oxygens (including phenoxy) is 1. The van der Waals surface area contributed by atoms with Gasteiger partial charge in [0.15, 0.2) is 0 Å². The van der Waals surface area contributed by atoms with Gasteiger partial charge < -0.3 is 15.4 Å². The van der Waals surface area contributed by atoms with Gasteiger partial charge in [0.1, 0.15) is 5.75 Å². The van der Waals surface area contributed by atoms with Gasteiger partial charge in [-0.2, -0.15) is 8.78 Å². The van der Waals surface area contributed by atoms with Crippen molar-refractivity contribution in [1.82, 2.24) is 5.32 Å². The molecule has 0 aliphatic rings. The molecule has 4 nitrogen and oxygen atoms in total. The topological polar surface area (TPSA) is 50.4 Å². The summed E-state index contributed by atoms with van der Waals surface area (Å²) in [4.78, 5) is 12.0. The van der Waals surface area contributed by atoms with Gasteiger partial charge in [0.25, 0.3) is 0 Å². The van der Waals surface area contributed by atoms with Crippen LogP contribution < -0.4 is 15.4 Å². The molecular weight excluding hydrogens is 394 g/mol. The van der Waals surface area contributed by atoms with Gasteiger partial charge in [-0.15, -0.1) is 0 Å². The van der Waals surface area contributed by atoms with Crippen LogP contribution in [0.1, 0.15) is 24.9 Å². The van der Waals surface area contributed by atoms with Crippen molar-refractivity contribution >= 4 is 27.5 Å². The molecule has 0 bridgehead atoms. The van der Waals surface area contributed by atoms with E-state index in [9.17, 15) is 13.6 Å². The van der Waals surface area contributed by atoms with Crippen molar-refractivity contribution in [2.75, 3.05) is 11.9 Å². The molecule has 0 fully saturated rings. The van der Waals surface area contributed by atoms with Crippen molar-refractivity contribution in [2.45, 2.75) is 26.0 Å². The van der Waals surface area contributed by atoms with E-state index in [0.717, 1.165) is 16.5 Å². The van der Waals surface area contributed by atoms with E-state index in [1.54, 1.807) is 0 Å². The maximum Gasteiger partial charge on any atom is 0.387 e. The Morgan fingerprint density at radius 2 is 1.76 bits per heavy atom. The van der Waals surface area contributed by atoms with Gasteiger partial charge in [-0.25, -0.2) is 0 Å². The first-order valence-electron chi connectivity index (χ1n) is 7.81. The summed E-state index contributed by atoms with van der Waals surface area (Å²) in [6.07, 6.45) is 0.842. The molecule has 0 aromatic heterocycles. The Kier molecular flexibility index (Phi) is 7.33. The number of halogens is 3. The van der Waals surface area contributed by atoms with Crippen LogP contribution in [0.25, 0.3) is 0 Å². The first-order chi connectivity index (χ1) is 12.0. The molecule has 1 atom stereocenters. The summed E-state index contributed by atoms with van der Waals surface area (Å²) >= 11 is 3.40. The number of nitrogens with one attached hydrogen (secondary N) is 2. The number of amides is 1. The predicted octanol–water partition coefficient (Wildman–Crippen LogP) is 4.73. The maximum absolute atomic E-state index is 12.1. The number of carbonyl (C=O) groups excluding carboxylic acids is 1. The van der Waals surface area contributed by atoms with E-state index in [2.05, 4.69) is 31.3 Å². The van der Waals surface area contributed by atoms with E-state index in [0.29, 0.717) is 5.69 Å². The number of alkyl halides is 2. The summed E-state index contributed by atoms with van der Waals surface area (Å²) in [6, 6.07) is 13.8. The Balaban J connectivity index is 1.85. The van der Waals surface area contributed by atoms with E-state index in [1.807, 2.05) is 31.2 Å². The highest BCUT2D eigenvalue weighted by Crippen LogP contribution is 2.20. The fourth-order valence-corrected chi connectivity index (χ4v) is 2.60. The maximum atomic E-state index is 12.1. The molecule has 0 saturated heterocycles. The van der Waals surface area contributed by atoms with Gasteiger partial charge in [-0.05, 0) is 48.4 Å². The van der Waals surface area contributed by atoms with Crippen molar-refractivity contribution in [3.05, 3.63) is 58.6 Å². The Hall–Kier alpha value is -1.99. The van der Waals surface area contributed by atoms with Gasteiger partial charge >= 0.3 is 6.61 Å². The molecule has 7 heteroatoms. The Bertz CT molecular complexity index is 678. The highest BCUT2D eigenvalue weighted by molar-refractivity contribution is 9.10. The van der Waals surface area contributed by atoms with Crippen LogP contribution in [0, 0.1) is 0 Å². The zero-order valence-corrected chi connectivity index (χ0v) is 15.2. The molecule has 1 amide bonds. The highest BCUT2D eigenvalue weighted by Gasteiger charge is 2.11. The molecule has 2 aromatic carbocycles. The average Bonchev–Trinajstić information content (AvgIpc) is 2.58. The van der Waals surface area contributed by atoms with Gasteiger partial charge in [-0.1, -0.05) is 35.0 Å². The fourth-order valence-electron chi connectivity index (χ4n) is 2.33. The molecule has 0 radical (unpaired) electrons. The summed E-state index contributed by atoms with van der Waals surface area (Å²) in [6.45, 7) is -0.683. The molecule has 0 aliphatic heterocycles. The van der Waals surface area contributed by atoms with Gasteiger partial charge in [0.2, 0.25) is 5.91 Å². The van der Waals surface area contributed by atoms with Crippen LogP contribution in [0.3, 0.4) is 0 Å². The van der Waals surface area contributed by atoms with E-state index < -0.39 is 6.61 Å². The Labute approximate surface area is 153 Å². The smallest absolute Gasteiger partial charge is 0.387 e. The molecule has 134 valence electrons. The Morgan fingerprint density at radius 1 is 1.12 bits per heavy atom. The van der Waals surface area contributed by atoms with Crippen LogP contribution >= 0.6 is 15.9 Å². The highest BCUT2D eigenvalue weighted by atomic mass is 79.9. The first kappa shape index (κ1) is 19.3. The van der Waals surface area contributed by atoms with Crippen LogP contribution in [0.4, 0.5) is 14.5 Å². The molecule has 0 unspecified atom stereocenters. The molecule has 2 aromatic rings. The number of anilines is 1. The predicted molar refractivity (Wildman–Crippen MR) is 96.9 cm³/mol. The Morgan fingerprint density at radius 3 is 2.32 bits per heavy atom. The second kappa shape index (κ2) is 9.48. The van der Waals surface area contributed by atoms with Gasteiger partial charge in [0, 0.05) is 16.2 Å². The van der Waals surface area contributed by atoms with E-state index in [1.165, 1.54) is 24.3 Å². The van der Waals surface area contributed by atoms with Crippen LogP contribution in [0.2, 0.25) is 0 Å². The molecule has 25 heavy (non-hydrogen) atoms. The molecular formula is C18H19BrF2N2O2. The van der Waals surface area contributed by atoms with Crippen molar-refractivity contribution in [3.8, 4) is 5.75 Å². The lowest BCUT2D eigenvalue weighted by molar-refractivity contribution is -0.115. The minimum absolute atomic E-state index is 0.0485. The molecule has 0 saturated carbocycles. The summed E-state index contributed by atoms with van der Waals surface area (Å²) in [7, 11) is 0. The zero-order valence-electron chi connectivity index (χ0n) is 13.6. The van der Waals surface area contributed by atoms with E-state index in [-0.39, 0.29) is 24.2 Å². The lowest BCUT2D eigenvalue weighted by atomic mass is 10.0. The van der Waals surface area contributed by atoms with Gasteiger partial charge in [0.05, 0.1) is 6.54 Å². The second-order valence-electron chi connectivity index (χ2n) is 5.34. The number of rotatable bonds is 8. The summed E-state index contributed by atoms with van der Waals surface area (Å²) in [5.41, 5.74) is 1.62. The molecule has 2 rings (SSSR count). The summed E-state index contributed by atoms with van der Waals surface area (Å²) < 4.78 is 29.5. The number of hydrogen-bond donors (Lipinski definition) is 2. The second-order valence-corrected chi connectivity index (χ2v) is 6.26. The van der Waals surface area contributed by atoms with E-state index >= 15 is 0 Å². The molecule has 0 aliphatic carbocycles. The normalized spacial score (nSPS) is 12.0. The average molecular weight is 413 g/mol. The van der Waals surface area contributed by atoms with Crippen molar-refractivity contribution < 1.29 is 18.3 Å². The van der Waals surface area contributed by atoms with Crippen LogP contribution in [0.15, 0.2) is 53.0 Å². The molecule has 0 spiro atoms. The number of benzene rings is 2. The monoisotopic (exact) mass is 412 g/mol. The lowest BCUT2D eigenvalue weighted by Crippen LogP contribution is -2.31. The summed E-state index contributed by atoms with van der Waals surface area (Å²) in [5, 5.41) is 5.92. The third-order valence-electron chi connectivity index (χ3n) is 3.55.